The van der Waals surface area contributed by atoms with Crippen molar-refractivity contribution in [2.45, 2.75) is 124 Å². The third-order valence-corrected chi connectivity index (χ3v) is 5.95. The number of nitrogens with zero attached hydrogens (tertiary/aromatic N) is 1. The molecule has 0 aliphatic carbocycles. The van der Waals surface area contributed by atoms with Gasteiger partial charge in [0.2, 0.25) is 5.91 Å². The summed E-state index contributed by atoms with van der Waals surface area (Å²) in [6.07, 6.45) is 3.89. The van der Waals surface area contributed by atoms with Crippen LogP contribution in [0.4, 0.5) is 4.79 Å². The van der Waals surface area contributed by atoms with E-state index >= 15 is 0 Å². The molecule has 0 unspecified atom stereocenters. The zero-order chi connectivity index (χ0) is 26.4. The summed E-state index contributed by atoms with van der Waals surface area (Å²) in [7, 11) is 0. The standard InChI is InChI=1S/C26H46N2O6/c1-11-14-18-15-19(23(31)33-25(5,6)7)28(24(32)34-26(8,9)10)21(18)20(27-16(4)29)22(30)17(12-2)13-3/h11,14,17-22,30H,12-13,15H2,1-10H3,(H,27,29)/t18-,19+,20-,21-,22+/m1/s1. The van der Waals surface area contributed by atoms with Crippen molar-refractivity contribution in [2.24, 2.45) is 11.8 Å². The number of carbonyl (C=O) groups is 3. The molecular weight excluding hydrogens is 436 g/mol. The van der Waals surface area contributed by atoms with Gasteiger partial charge < -0.3 is 19.9 Å². The molecule has 1 rings (SSSR count). The van der Waals surface area contributed by atoms with Gasteiger partial charge in [0.15, 0.2) is 0 Å². The van der Waals surface area contributed by atoms with Crippen molar-refractivity contribution in [3.05, 3.63) is 12.2 Å². The third-order valence-electron chi connectivity index (χ3n) is 5.95. The molecule has 0 spiro atoms. The minimum Gasteiger partial charge on any atom is -0.458 e. The van der Waals surface area contributed by atoms with E-state index in [1.54, 1.807) is 41.5 Å². The second-order valence-corrected chi connectivity index (χ2v) is 11.1. The van der Waals surface area contributed by atoms with Crippen LogP contribution in [-0.2, 0) is 19.1 Å². The van der Waals surface area contributed by atoms with Gasteiger partial charge in [-0.1, -0.05) is 38.8 Å². The largest absolute Gasteiger partial charge is 0.458 e. The Morgan fingerprint density at radius 1 is 1.06 bits per heavy atom. The Hall–Kier alpha value is -2.09. The van der Waals surface area contributed by atoms with Crippen molar-refractivity contribution in [3.63, 3.8) is 0 Å². The molecule has 1 saturated heterocycles. The normalized spacial score (nSPS) is 23.2. The summed E-state index contributed by atoms with van der Waals surface area (Å²) in [5.41, 5.74) is -1.53. The van der Waals surface area contributed by atoms with E-state index in [4.69, 9.17) is 9.47 Å². The summed E-state index contributed by atoms with van der Waals surface area (Å²) in [4.78, 5) is 40.4. The maximum atomic E-state index is 13.5. The van der Waals surface area contributed by atoms with E-state index in [0.717, 1.165) is 0 Å². The molecule has 0 saturated carbocycles. The fourth-order valence-electron chi connectivity index (χ4n) is 4.62. The molecule has 34 heavy (non-hydrogen) atoms. The number of carbonyl (C=O) groups excluding carboxylic acids is 3. The highest BCUT2D eigenvalue weighted by molar-refractivity contribution is 5.83. The Morgan fingerprint density at radius 3 is 2.00 bits per heavy atom. The van der Waals surface area contributed by atoms with Crippen LogP contribution in [0.3, 0.4) is 0 Å². The summed E-state index contributed by atoms with van der Waals surface area (Å²) in [5.74, 6) is -1.24. The van der Waals surface area contributed by atoms with Gasteiger partial charge in [-0.2, -0.15) is 0 Å². The molecule has 0 bridgehead atoms. The van der Waals surface area contributed by atoms with Crippen molar-refractivity contribution in [1.82, 2.24) is 10.2 Å². The van der Waals surface area contributed by atoms with Gasteiger partial charge in [0, 0.05) is 12.8 Å². The molecule has 8 nitrogen and oxygen atoms in total. The predicted octanol–water partition coefficient (Wildman–Crippen LogP) is 4.20. The zero-order valence-corrected chi connectivity index (χ0v) is 22.7. The molecule has 196 valence electrons. The Balaban J connectivity index is 3.65. The lowest BCUT2D eigenvalue weighted by atomic mass is 9.83. The number of allylic oxidation sites excluding steroid dienone is 1. The average molecular weight is 483 g/mol. The minimum absolute atomic E-state index is 0.0934. The number of amides is 2. The first kappa shape index (κ1) is 29.9. The van der Waals surface area contributed by atoms with Gasteiger partial charge in [0.25, 0.3) is 0 Å². The highest BCUT2D eigenvalue weighted by Crippen LogP contribution is 2.38. The van der Waals surface area contributed by atoms with Crippen LogP contribution >= 0.6 is 0 Å². The van der Waals surface area contributed by atoms with E-state index < -0.39 is 47.5 Å². The van der Waals surface area contributed by atoms with Crippen LogP contribution in [0, 0.1) is 11.8 Å². The second kappa shape index (κ2) is 12.0. The molecule has 1 fully saturated rings. The van der Waals surface area contributed by atoms with E-state index in [0.29, 0.717) is 19.3 Å². The number of hydrogen-bond donors (Lipinski definition) is 2. The molecule has 2 N–H and O–H groups in total. The molecule has 0 aromatic heterocycles. The van der Waals surface area contributed by atoms with Gasteiger partial charge in [-0.05, 0) is 60.8 Å². The van der Waals surface area contributed by atoms with Crippen LogP contribution in [0.15, 0.2) is 12.2 Å². The van der Waals surface area contributed by atoms with Crippen LogP contribution < -0.4 is 5.32 Å². The molecule has 0 radical (unpaired) electrons. The molecule has 8 heteroatoms. The van der Waals surface area contributed by atoms with Crippen molar-refractivity contribution in [2.75, 3.05) is 0 Å². The summed E-state index contributed by atoms with van der Waals surface area (Å²) in [6, 6.07) is -2.39. The highest BCUT2D eigenvalue weighted by Gasteiger charge is 2.53. The Kier molecular flexibility index (Phi) is 10.6. The number of hydrogen-bond acceptors (Lipinski definition) is 6. The number of aliphatic hydroxyl groups is 1. The molecule has 5 atom stereocenters. The molecule has 1 aliphatic rings. The number of esters is 1. The van der Waals surface area contributed by atoms with E-state index in [9.17, 15) is 19.5 Å². The van der Waals surface area contributed by atoms with Crippen LogP contribution in [0.5, 0.6) is 0 Å². The summed E-state index contributed by atoms with van der Waals surface area (Å²) >= 11 is 0. The SMILES string of the molecule is CC=C[C@@H]1C[C@@H](C(=O)OC(C)(C)C)N(C(=O)OC(C)(C)C)[C@H]1[C@@H](NC(C)=O)[C@@H](O)C(CC)CC. The Bertz CT molecular complexity index is 733. The van der Waals surface area contributed by atoms with Gasteiger partial charge in [-0.15, -0.1) is 0 Å². The minimum atomic E-state index is -0.918. The summed E-state index contributed by atoms with van der Waals surface area (Å²) in [6.45, 7) is 17.8. The van der Waals surface area contributed by atoms with Crippen LogP contribution in [0.25, 0.3) is 0 Å². The summed E-state index contributed by atoms with van der Waals surface area (Å²) in [5, 5.41) is 14.3. The first-order valence-corrected chi connectivity index (χ1v) is 12.4. The van der Waals surface area contributed by atoms with E-state index in [1.165, 1.54) is 11.8 Å². The average Bonchev–Trinajstić information content (AvgIpc) is 3.04. The molecule has 0 aromatic rings. The first-order chi connectivity index (χ1) is 15.6. The van der Waals surface area contributed by atoms with E-state index in [1.807, 2.05) is 32.9 Å². The quantitative estimate of drug-likeness (QED) is 0.397. The van der Waals surface area contributed by atoms with Crippen LogP contribution in [-0.4, -0.2) is 63.4 Å². The number of aliphatic hydroxyl groups excluding tert-OH is 1. The monoisotopic (exact) mass is 482 g/mol. The van der Waals surface area contributed by atoms with Gasteiger partial charge in [-0.25, -0.2) is 9.59 Å². The maximum absolute atomic E-state index is 13.5. The fraction of sp³-hybridized carbons (Fsp3) is 0.808. The lowest BCUT2D eigenvalue weighted by molar-refractivity contribution is -0.160. The van der Waals surface area contributed by atoms with Crippen molar-refractivity contribution >= 4 is 18.0 Å². The predicted molar refractivity (Wildman–Crippen MR) is 132 cm³/mol. The lowest BCUT2D eigenvalue weighted by Gasteiger charge is -2.40. The maximum Gasteiger partial charge on any atom is 0.411 e. The number of likely N-dealkylation sites (tertiary alicyclic amines) is 1. The molecular formula is C26H46N2O6. The lowest BCUT2D eigenvalue weighted by Crippen LogP contribution is -2.61. The third kappa shape index (κ3) is 8.29. The number of ether oxygens (including phenoxy) is 2. The van der Waals surface area contributed by atoms with Gasteiger partial charge in [-0.3, -0.25) is 9.69 Å². The Morgan fingerprint density at radius 2 is 1.59 bits per heavy atom. The Labute approximate surface area is 205 Å². The van der Waals surface area contributed by atoms with E-state index in [2.05, 4.69) is 5.32 Å². The van der Waals surface area contributed by atoms with Crippen molar-refractivity contribution < 1.29 is 29.0 Å². The van der Waals surface area contributed by atoms with Gasteiger partial charge in [0.05, 0.1) is 18.2 Å². The first-order valence-electron chi connectivity index (χ1n) is 12.4. The number of nitrogens with one attached hydrogen (secondary N) is 1. The van der Waals surface area contributed by atoms with Gasteiger partial charge in [0.1, 0.15) is 17.2 Å². The van der Waals surface area contributed by atoms with E-state index in [-0.39, 0.29) is 17.7 Å². The summed E-state index contributed by atoms with van der Waals surface area (Å²) < 4.78 is 11.4. The topological polar surface area (TPSA) is 105 Å². The molecule has 0 aromatic carbocycles. The second-order valence-electron chi connectivity index (χ2n) is 11.1. The van der Waals surface area contributed by atoms with Crippen molar-refractivity contribution in [1.29, 1.82) is 0 Å². The highest BCUT2D eigenvalue weighted by atomic mass is 16.6. The fourth-order valence-corrected chi connectivity index (χ4v) is 4.62. The molecule has 1 heterocycles. The van der Waals surface area contributed by atoms with Crippen LogP contribution in [0.2, 0.25) is 0 Å². The van der Waals surface area contributed by atoms with Crippen molar-refractivity contribution in [3.8, 4) is 0 Å². The molecule has 2 amide bonds. The van der Waals surface area contributed by atoms with Gasteiger partial charge >= 0.3 is 12.1 Å². The zero-order valence-electron chi connectivity index (χ0n) is 22.7. The smallest absolute Gasteiger partial charge is 0.411 e. The number of rotatable bonds is 8. The van der Waals surface area contributed by atoms with Crippen LogP contribution in [0.1, 0.15) is 88.5 Å². The molecule has 1 aliphatic heterocycles.